The van der Waals surface area contributed by atoms with E-state index in [0.717, 1.165) is 22.6 Å². The van der Waals surface area contributed by atoms with Gasteiger partial charge >= 0.3 is 0 Å². The van der Waals surface area contributed by atoms with Crippen molar-refractivity contribution < 1.29 is 9.84 Å². The molecule has 0 spiro atoms. The SMILES string of the molecule is Cc1ccc(O)c(C=Nc2ccc(OCc3ccccc3)cc2)c1. The van der Waals surface area contributed by atoms with Crippen LogP contribution in [0.2, 0.25) is 0 Å². The maximum Gasteiger partial charge on any atom is 0.124 e. The van der Waals surface area contributed by atoms with E-state index in [2.05, 4.69) is 4.99 Å². The van der Waals surface area contributed by atoms with Gasteiger partial charge in [0.1, 0.15) is 18.1 Å². The lowest BCUT2D eigenvalue weighted by Gasteiger charge is -2.06. The summed E-state index contributed by atoms with van der Waals surface area (Å²) in [7, 11) is 0. The molecule has 0 unspecified atom stereocenters. The maximum atomic E-state index is 9.82. The summed E-state index contributed by atoms with van der Waals surface area (Å²) < 4.78 is 5.75. The minimum Gasteiger partial charge on any atom is -0.507 e. The molecule has 0 aliphatic rings. The number of aryl methyl sites for hydroxylation is 1. The van der Waals surface area contributed by atoms with E-state index in [-0.39, 0.29) is 5.75 Å². The lowest BCUT2D eigenvalue weighted by Crippen LogP contribution is -1.94. The number of phenolic OH excluding ortho intramolecular Hbond substituents is 1. The summed E-state index contributed by atoms with van der Waals surface area (Å²) in [6, 6.07) is 23.1. The van der Waals surface area contributed by atoms with Crippen LogP contribution in [-0.2, 0) is 6.61 Å². The van der Waals surface area contributed by atoms with Crippen LogP contribution in [-0.4, -0.2) is 11.3 Å². The van der Waals surface area contributed by atoms with Gasteiger partial charge in [-0.05, 0) is 48.9 Å². The molecular formula is C21H19NO2. The lowest BCUT2D eigenvalue weighted by atomic mass is 10.1. The van der Waals surface area contributed by atoms with Crippen LogP contribution in [0.3, 0.4) is 0 Å². The van der Waals surface area contributed by atoms with Gasteiger partial charge in [-0.25, -0.2) is 0 Å². The highest BCUT2D eigenvalue weighted by atomic mass is 16.5. The molecule has 0 aromatic heterocycles. The largest absolute Gasteiger partial charge is 0.507 e. The van der Waals surface area contributed by atoms with E-state index < -0.39 is 0 Å². The number of nitrogens with zero attached hydrogens (tertiary/aromatic N) is 1. The summed E-state index contributed by atoms with van der Waals surface area (Å²) >= 11 is 0. The summed E-state index contributed by atoms with van der Waals surface area (Å²) in [5.41, 5.74) is 3.73. The summed E-state index contributed by atoms with van der Waals surface area (Å²) in [6.07, 6.45) is 1.67. The smallest absolute Gasteiger partial charge is 0.124 e. The van der Waals surface area contributed by atoms with E-state index in [0.29, 0.717) is 12.2 Å². The molecule has 3 heteroatoms. The predicted octanol–water partition coefficient (Wildman–Crippen LogP) is 5.03. The molecule has 0 heterocycles. The van der Waals surface area contributed by atoms with Crippen molar-refractivity contribution in [3.8, 4) is 11.5 Å². The van der Waals surface area contributed by atoms with Gasteiger partial charge in [0.05, 0.1) is 5.69 Å². The fourth-order valence-electron chi connectivity index (χ4n) is 2.29. The summed E-state index contributed by atoms with van der Waals surface area (Å²) in [4.78, 5) is 4.40. The summed E-state index contributed by atoms with van der Waals surface area (Å²) in [5, 5.41) is 9.82. The predicted molar refractivity (Wildman–Crippen MR) is 97.3 cm³/mol. The number of aromatic hydroxyl groups is 1. The monoisotopic (exact) mass is 317 g/mol. The first-order chi connectivity index (χ1) is 11.7. The molecule has 3 rings (SSSR count). The Hall–Kier alpha value is -3.07. The number of hydrogen-bond acceptors (Lipinski definition) is 3. The molecule has 3 aromatic rings. The Labute approximate surface area is 141 Å². The quantitative estimate of drug-likeness (QED) is 0.671. The second-order valence-corrected chi connectivity index (χ2v) is 5.59. The number of benzene rings is 3. The van der Waals surface area contributed by atoms with Crippen molar-refractivity contribution in [2.75, 3.05) is 0 Å². The second kappa shape index (κ2) is 7.47. The molecule has 0 saturated carbocycles. The molecule has 0 aliphatic carbocycles. The standard InChI is InChI=1S/C21H19NO2/c1-16-7-12-21(23)18(13-16)14-22-19-8-10-20(11-9-19)24-15-17-5-3-2-4-6-17/h2-14,23H,15H2,1H3. The fourth-order valence-corrected chi connectivity index (χ4v) is 2.29. The van der Waals surface area contributed by atoms with E-state index in [1.54, 1.807) is 12.3 Å². The van der Waals surface area contributed by atoms with Gasteiger partial charge in [0.25, 0.3) is 0 Å². The normalized spacial score (nSPS) is 10.9. The Kier molecular flexibility index (Phi) is 4.92. The van der Waals surface area contributed by atoms with Gasteiger partial charge in [-0.3, -0.25) is 4.99 Å². The van der Waals surface area contributed by atoms with E-state index in [4.69, 9.17) is 4.74 Å². The van der Waals surface area contributed by atoms with Crippen molar-refractivity contribution in [1.82, 2.24) is 0 Å². The molecule has 0 aliphatic heterocycles. The first-order valence-corrected chi connectivity index (χ1v) is 7.81. The molecule has 3 aromatic carbocycles. The number of hydrogen-bond donors (Lipinski definition) is 1. The van der Waals surface area contributed by atoms with E-state index in [1.807, 2.05) is 73.7 Å². The Bertz CT molecular complexity index is 824. The molecule has 0 bridgehead atoms. The molecule has 0 fully saturated rings. The third-order valence-electron chi connectivity index (χ3n) is 3.62. The van der Waals surface area contributed by atoms with Crippen LogP contribution in [0, 0.1) is 6.92 Å². The van der Waals surface area contributed by atoms with Gasteiger partial charge < -0.3 is 9.84 Å². The Morgan fingerprint density at radius 1 is 0.958 bits per heavy atom. The fraction of sp³-hybridized carbons (Fsp3) is 0.0952. The zero-order chi connectivity index (χ0) is 16.8. The number of rotatable bonds is 5. The van der Waals surface area contributed by atoms with Crippen LogP contribution in [0.5, 0.6) is 11.5 Å². The van der Waals surface area contributed by atoms with Crippen LogP contribution in [0.4, 0.5) is 5.69 Å². The molecule has 1 N–H and O–H groups in total. The third-order valence-corrected chi connectivity index (χ3v) is 3.62. The molecule has 3 nitrogen and oxygen atoms in total. The minimum absolute atomic E-state index is 0.229. The summed E-state index contributed by atoms with van der Waals surface area (Å²) in [6.45, 7) is 2.52. The van der Waals surface area contributed by atoms with Crippen LogP contribution < -0.4 is 4.74 Å². The van der Waals surface area contributed by atoms with Gasteiger partial charge in [-0.15, -0.1) is 0 Å². The number of ether oxygens (including phenoxy) is 1. The van der Waals surface area contributed by atoms with Crippen molar-refractivity contribution in [2.24, 2.45) is 4.99 Å². The van der Waals surface area contributed by atoms with Crippen molar-refractivity contribution >= 4 is 11.9 Å². The van der Waals surface area contributed by atoms with Gasteiger partial charge in [-0.2, -0.15) is 0 Å². The van der Waals surface area contributed by atoms with Crippen LogP contribution in [0.15, 0.2) is 77.8 Å². The van der Waals surface area contributed by atoms with Crippen LogP contribution in [0.25, 0.3) is 0 Å². The zero-order valence-corrected chi connectivity index (χ0v) is 13.5. The highest BCUT2D eigenvalue weighted by Crippen LogP contribution is 2.21. The Balaban J connectivity index is 1.64. The van der Waals surface area contributed by atoms with Gasteiger partial charge in [0.15, 0.2) is 0 Å². The maximum absolute atomic E-state index is 9.82. The Morgan fingerprint density at radius 3 is 2.46 bits per heavy atom. The molecule has 0 amide bonds. The zero-order valence-electron chi connectivity index (χ0n) is 13.5. The molecule has 0 saturated heterocycles. The van der Waals surface area contributed by atoms with Crippen molar-refractivity contribution in [2.45, 2.75) is 13.5 Å². The highest BCUT2D eigenvalue weighted by molar-refractivity contribution is 5.85. The van der Waals surface area contributed by atoms with Crippen molar-refractivity contribution in [3.05, 3.63) is 89.5 Å². The van der Waals surface area contributed by atoms with Gasteiger partial charge in [-0.1, -0.05) is 42.0 Å². The summed E-state index contributed by atoms with van der Waals surface area (Å²) in [5.74, 6) is 1.03. The van der Waals surface area contributed by atoms with Crippen molar-refractivity contribution in [3.63, 3.8) is 0 Å². The molecule has 0 radical (unpaired) electrons. The first kappa shape index (κ1) is 15.8. The highest BCUT2D eigenvalue weighted by Gasteiger charge is 1.99. The van der Waals surface area contributed by atoms with E-state index in [9.17, 15) is 5.11 Å². The molecule has 24 heavy (non-hydrogen) atoms. The lowest BCUT2D eigenvalue weighted by molar-refractivity contribution is 0.306. The molecule has 0 atom stereocenters. The van der Waals surface area contributed by atoms with Gasteiger partial charge in [0.2, 0.25) is 0 Å². The minimum atomic E-state index is 0.229. The topological polar surface area (TPSA) is 41.8 Å². The molecule has 120 valence electrons. The average molecular weight is 317 g/mol. The van der Waals surface area contributed by atoms with Crippen LogP contribution >= 0.6 is 0 Å². The Morgan fingerprint density at radius 2 is 1.71 bits per heavy atom. The number of phenols is 1. The van der Waals surface area contributed by atoms with E-state index >= 15 is 0 Å². The number of aliphatic imine (C=N–C) groups is 1. The first-order valence-electron chi connectivity index (χ1n) is 7.81. The van der Waals surface area contributed by atoms with Crippen molar-refractivity contribution in [1.29, 1.82) is 0 Å². The van der Waals surface area contributed by atoms with Gasteiger partial charge in [0, 0.05) is 11.8 Å². The second-order valence-electron chi connectivity index (χ2n) is 5.59. The third kappa shape index (κ3) is 4.23. The van der Waals surface area contributed by atoms with E-state index in [1.165, 1.54) is 0 Å². The molecular weight excluding hydrogens is 298 g/mol. The van der Waals surface area contributed by atoms with Crippen LogP contribution in [0.1, 0.15) is 16.7 Å². The average Bonchev–Trinajstić information content (AvgIpc) is 2.62.